The summed E-state index contributed by atoms with van der Waals surface area (Å²) in [5.41, 5.74) is 0.838. The van der Waals surface area contributed by atoms with E-state index in [-0.39, 0.29) is 20.7 Å². The topological polar surface area (TPSA) is 56.3 Å². The normalized spacial score (nSPS) is 11.7. The molecule has 1 heterocycles. The van der Waals surface area contributed by atoms with Gasteiger partial charge in [-0.2, -0.15) is 8.42 Å². The largest absolute Gasteiger partial charge is 0.375 e. The first-order valence-corrected chi connectivity index (χ1v) is 10.6. The Kier molecular flexibility index (Phi) is 5.33. The lowest BCUT2D eigenvalue weighted by Crippen LogP contribution is -2.12. The van der Waals surface area contributed by atoms with Gasteiger partial charge < -0.3 is 4.18 Å². The standard InChI is InChI=1S/C16H9Br2Cl2NO3S/c1-8-5-12(19)13(20)7-14(8)25(22,23)24-16-11(18)6-10(17)9-3-2-4-21-15(9)16/h2-7H,1H3. The highest BCUT2D eigenvalue weighted by Gasteiger charge is 2.24. The molecule has 4 nitrogen and oxygen atoms in total. The highest BCUT2D eigenvalue weighted by atomic mass is 79.9. The van der Waals surface area contributed by atoms with Crippen LogP contribution in [0.3, 0.4) is 0 Å². The van der Waals surface area contributed by atoms with Gasteiger partial charge >= 0.3 is 10.1 Å². The third-order valence-electron chi connectivity index (χ3n) is 3.43. The van der Waals surface area contributed by atoms with E-state index >= 15 is 0 Å². The van der Waals surface area contributed by atoms with Crippen molar-refractivity contribution in [3.8, 4) is 5.75 Å². The molecule has 130 valence electrons. The van der Waals surface area contributed by atoms with Crippen LogP contribution in [0, 0.1) is 6.92 Å². The number of benzene rings is 2. The molecule has 0 spiro atoms. The fourth-order valence-electron chi connectivity index (χ4n) is 2.28. The van der Waals surface area contributed by atoms with Crippen LogP contribution in [0.15, 0.2) is 50.4 Å². The summed E-state index contributed by atoms with van der Waals surface area (Å²) in [5.74, 6) is 0.101. The van der Waals surface area contributed by atoms with Gasteiger partial charge in [-0.15, -0.1) is 0 Å². The third kappa shape index (κ3) is 3.66. The lowest BCUT2D eigenvalue weighted by atomic mass is 10.2. The lowest BCUT2D eigenvalue weighted by Gasteiger charge is -2.13. The Hall–Kier alpha value is -0.860. The van der Waals surface area contributed by atoms with Crippen LogP contribution in [0.25, 0.3) is 10.9 Å². The summed E-state index contributed by atoms with van der Waals surface area (Å²) in [6.45, 7) is 1.62. The SMILES string of the molecule is Cc1cc(Cl)c(Cl)cc1S(=O)(=O)Oc1c(Br)cc(Br)c2cccnc12. The third-order valence-corrected chi connectivity index (χ3v) is 6.76. The second kappa shape index (κ2) is 7.04. The summed E-state index contributed by atoms with van der Waals surface area (Å²) in [7, 11) is -4.14. The van der Waals surface area contributed by atoms with E-state index in [0.717, 1.165) is 9.86 Å². The number of pyridine rings is 1. The second-order valence-electron chi connectivity index (χ2n) is 5.14. The first-order valence-electron chi connectivity index (χ1n) is 6.83. The van der Waals surface area contributed by atoms with Gasteiger partial charge in [-0.3, -0.25) is 4.98 Å². The van der Waals surface area contributed by atoms with Crippen molar-refractivity contribution in [3.05, 3.63) is 61.1 Å². The van der Waals surface area contributed by atoms with Crippen molar-refractivity contribution >= 4 is 76.1 Å². The Morgan fingerprint density at radius 2 is 1.76 bits per heavy atom. The van der Waals surface area contributed by atoms with E-state index in [1.54, 1.807) is 25.3 Å². The quantitative estimate of drug-likeness (QED) is 0.385. The van der Waals surface area contributed by atoms with Gasteiger partial charge in [0.1, 0.15) is 10.4 Å². The Morgan fingerprint density at radius 1 is 1.08 bits per heavy atom. The molecule has 0 amide bonds. The monoisotopic (exact) mass is 523 g/mol. The summed E-state index contributed by atoms with van der Waals surface area (Å²) >= 11 is 18.6. The molecule has 0 fully saturated rings. The molecule has 0 atom stereocenters. The molecule has 0 N–H and O–H groups in total. The van der Waals surface area contributed by atoms with Crippen LogP contribution in [-0.2, 0) is 10.1 Å². The number of halogens is 4. The zero-order chi connectivity index (χ0) is 18.4. The van der Waals surface area contributed by atoms with Crippen LogP contribution in [-0.4, -0.2) is 13.4 Å². The molecule has 2 aromatic carbocycles. The zero-order valence-electron chi connectivity index (χ0n) is 12.6. The number of hydrogen-bond donors (Lipinski definition) is 0. The summed E-state index contributed by atoms with van der Waals surface area (Å²) < 4.78 is 32.2. The first-order chi connectivity index (χ1) is 11.7. The smallest absolute Gasteiger partial charge is 0.339 e. The van der Waals surface area contributed by atoms with Crippen LogP contribution in [0.5, 0.6) is 5.75 Å². The number of aryl methyl sites for hydroxylation is 1. The molecule has 3 aromatic rings. The number of hydrogen-bond acceptors (Lipinski definition) is 4. The molecule has 25 heavy (non-hydrogen) atoms. The molecular formula is C16H9Br2Cl2NO3S. The molecule has 3 rings (SSSR count). The Morgan fingerprint density at radius 3 is 2.48 bits per heavy atom. The first kappa shape index (κ1) is 18.9. The summed E-state index contributed by atoms with van der Waals surface area (Å²) in [4.78, 5) is 4.18. The zero-order valence-corrected chi connectivity index (χ0v) is 18.1. The van der Waals surface area contributed by atoms with Gasteiger partial charge in [-0.1, -0.05) is 45.2 Å². The summed E-state index contributed by atoms with van der Waals surface area (Å²) in [6, 6.07) is 8.02. The van der Waals surface area contributed by atoms with E-state index in [1.165, 1.54) is 12.1 Å². The van der Waals surface area contributed by atoms with Crippen molar-refractivity contribution in [1.29, 1.82) is 0 Å². The molecule has 0 aliphatic carbocycles. The highest BCUT2D eigenvalue weighted by Crippen LogP contribution is 2.39. The van der Waals surface area contributed by atoms with E-state index in [4.69, 9.17) is 27.4 Å². The van der Waals surface area contributed by atoms with Crippen LogP contribution >= 0.6 is 55.1 Å². The predicted molar refractivity (Wildman–Crippen MR) is 106 cm³/mol. The minimum Gasteiger partial charge on any atom is -0.375 e. The van der Waals surface area contributed by atoms with Crippen molar-refractivity contribution < 1.29 is 12.6 Å². The lowest BCUT2D eigenvalue weighted by molar-refractivity contribution is 0.486. The minimum atomic E-state index is -4.14. The number of rotatable bonds is 3. The van der Waals surface area contributed by atoms with E-state index in [0.29, 0.717) is 15.6 Å². The number of aromatic nitrogens is 1. The van der Waals surface area contributed by atoms with Crippen LogP contribution in [0.4, 0.5) is 0 Å². The van der Waals surface area contributed by atoms with Crippen molar-refractivity contribution in [3.63, 3.8) is 0 Å². The molecule has 0 saturated heterocycles. The van der Waals surface area contributed by atoms with Crippen molar-refractivity contribution in [2.24, 2.45) is 0 Å². The summed E-state index contributed by atoms with van der Waals surface area (Å²) in [6.07, 6.45) is 1.56. The maximum Gasteiger partial charge on any atom is 0.339 e. The number of nitrogens with zero attached hydrogens (tertiary/aromatic N) is 1. The van der Waals surface area contributed by atoms with Crippen molar-refractivity contribution in [1.82, 2.24) is 4.98 Å². The Labute approximate surface area is 171 Å². The molecule has 1 aromatic heterocycles. The molecule has 0 radical (unpaired) electrons. The predicted octanol–water partition coefficient (Wildman–Crippen LogP) is 6.14. The van der Waals surface area contributed by atoms with Crippen LogP contribution in [0.1, 0.15) is 5.56 Å². The van der Waals surface area contributed by atoms with Gasteiger partial charge in [-0.05, 0) is 52.7 Å². The van der Waals surface area contributed by atoms with Gasteiger partial charge in [0.2, 0.25) is 0 Å². The minimum absolute atomic E-state index is 0.0548. The van der Waals surface area contributed by atoms with Crippen molar-refractivity contribution in [2.75, 3.05) is 0 Å². The fourth-order valence-corrected chi connectivity index (χ4v) is 5.38. The van der Waals surface area contributed by atoms with Gasteiger partial charge in [-0.25, -0.2) is 0 Å². The van der Waals surface area contributed by atoms with E-state index in [9.17, 15) is 8.42 Å². The average Bonchev–Trinajstić information content (AvgIpc) is 2.54. The molecule has 0 aliphatic rings. The van der Waals surface area contributed by atoms with E-state index < -0.39 is 10.1 Å². The molecule has 9 heteroatoms. The van der Waals surface area contributed by atoms with Crippen molar-refractivity contribution in [2.45, 2.75) is 11.8 Å². The van der Waals surface area contributed by atoms with Gasteiger partial charge in [0, 0.05) is 16.1 Å². The maximum absolute atomic E-state index is 12.8. The second-order valence-corrected chi connectivity index (χ2v) is 9.18. The molecule has 0 bridgehead atoms. The summed E-state index contributed by atoms with van der Waals surface area (Å²) in [5, 5.41) is 1.13. The molecule has 0 aliphatic heterocycles. The Balaban J connectivity index is 2.17. The molecule has 0 saturated carbocycles. The highest BCUT2D eigenvalue weighted by molar-refractivity contribution is 9.11. The number of fused-ring (bicyclic) bond motifs is 1. The van der Waals surface area contributed by atoms with Gasteiger partial charge in [0.25, 0.3) is 0 Å². The fraction of sp³-hybridized carbons (Fsp3) is 0.0625. The van der Waals surface area contributed by atoms with E-state index in [2.05, 4.69) is 36.8 Å². The van der Waals surface area contributed by atoms with Crippen LogP contribution in [0.2, 0.25) is 10.0 Å². The van der Waals surface area contributed by atoms with Gasteiger partial charge in [0.05, 0.1) is 14.5 Å². The van der Waals surface area contributed by atoms with Crippen LogP contribution < -0.4 is 4.18 Å². The maximum atomic E-state index is 12.8. The average molecular weight is 526 g/mol. The molecular weight excluding hydrogens is 517 g/mol. The molecule has 0 unspecified atom stereocenters. The van der Waals surface area contributed by atoms with Gasteiger partial charge in [0.15, 0.2) is 5.75 Å². The van der Waals surface area contributed by atoms with E-state index in [1.807, 2.05) is 6.07 Å². The Bertz CT molecular complexity index is 1100.